The van der Waals surface area contributed by atoms with E-state index in [4.69, 9.17) is 4.74 Å². The number of benzene rings is 1. The van der Waals surface area contributed by atoms with Gasteiger partial charge in [0.05, 0.1) is 26.2 Å². The van der Waals surface area contributed by atoms with E-state index in [1.54, 1.807) is 4.90 Å². The zero-order chi connectivity index (χ0) is 14.2. The van der Waals surface area contributed by atoms with Gasteiger partial charge in [-0.2, -0.15) is 0 Å². The summed E-state index contributed by atoms with van der Waals surface area (Å²) in [5, 5.41) is 0. The van der Waals surface area contributed by atoms with Crippen LogP contribution in [0.25, 0.3) is 0 Å². The highest BCUT2D eigenvalue weighted by atomic mass is 16.5. The number of quaternary nitrogens is 1. The zero-order valence-corrected chi connectivity index (χ0v) is 13.2. The maximum absolute atomic E-state index is 5.93. The van der Waals surface area contributed by atoms with Crippen LogP contribution in [0.3, 0.4) is 0 Å². The van der Waals surface area contributed by atoms with Crippen LogP contribution in [0.1, 0.15) is 45.1 Å². The summed E-state index contributed by atoms with van der Waals surface area (Å²) in [5.41, 5.74) is 1.32. The summed E-state index contributed by atoms with van der Waals surface area (Å²) in [6.07, 6.45) is 6.36. The Morgan fingerprint density at radius 3 is 2.90 bits per heavy atom. The van der Waals surface area contributed by atoms with E-state index in [0.717, 1.165) is 24.7 Å². The Kier molecular flexibility index (Phi) is 6.38. The van der Waals surface area contributed by atoms with Crippen LogP contribution in [-0.2, 0) is 6.42 Å². The molecule has 0 radical (unpaired) electrons. The second kappa shape index (κ2) is 8.31. The fourth-order valence-electron chi connectivity index (χ4n) is 3.22. The minimum Gasteiger partial charge on any atom is -0.493 e. The molecule has 1 aliphatic heterocycles. The molecule has 1 fully saturated rings. The molecule has 1 aromatic carbocycles. The fraction of sp³-hybridized carbons (Fsp3) is 0.667. The van der Waals surface area contributed by atoms with Gasteiger partial charge in [0, 0.05) is 5.92 Å². The summed E-state index contributed by atoms with van der Waals surface area (Å²) in [5.74, 6) is 2.00. The van der Waals surface area contributed by atoms with Crippen molar-refractivity contribution in [2.75, 3.05) is 26.2 Å². The van der Waals surface area contributed by atoms with Crippen molar-refractivity contribution in [3.8, 4) is 5.75 Å². The average molecular weight is 276 g/mol. The Labute approximate surface area is 124 Å². The molecule has 0 aromatic heterocycles. The second-order valence-corrected chi connectivity index (χ2v) is 6.22. The van der Waals surface area contributed by atoms with Gasteiger partial charge in [0.1, 0.15) is 5.75 Å². The molecule has 0 saturated carbocycles. The Morgan fingerprint density at radius 1 is 1.25 bits per heavy atom. The number of ether oxygens (including phenoxy) is 1. The van der Waals surface area contributed by atoms with Gasteiger partial charge < -0.3 is 9.64 Å². The SMILES string of the molecule is CCc1ccccc1OCCCC[NH+]1CCC[C@H](C)C1. The molecular weight excluding hydrogens is 246 g/mol. The second-order valence-electron chi connectivity index (χ2n) is 6.22. The summed E-state index contributed by atoms with van der Waals surface area (Å²) in [7, 11) is 0. The molecule has 0 spiro atoms. The molecule has 1 heterocycles. The number of piperidine rings is 1. The number of para-hydroxylation sites is 1. The van der Waals surface area contributed by atoms with Crippen LogP contribution in [0.15, 0.2) is 24.3 Å². The molecule has 20 heavy (non-hydrogen) atoms. The molecule has 1 unspecified atom stereocenters. The maximum Gasteiger partial charge on any atom is 0.122 e. The van der Waals surface area contributed by atoms with Gasteiger partial charge >= 0.3 is 0 Å². The van der Waals surface area contributed by atoms with Crippen molar-refractivity contribution in [1.82, 2.24) is 0 Å². The number of hydrogen-bond acceptors (Lipinski definition) is 1. The molecule has 1 aliphatic rings. The first-order valence-corrected chi connectivity index (χ1v) is 8.34. The van der Waals surface area contributed by atoms with Crippen molar-refractivity contribution in [1.29, 1.82) is 0 Å². The lowest BCUT2D eigenvalue weighted by Crippen LogP contribution is -3.13. The summed E-state index contributed by atoms with van der Waals surface area (Å²) in [6, 6.07) is 8.41. The normalized spacial score (nSPS) is 22.7. The van der Waals surface area contributed by atoms with E-state index in [1.807, 2.05) is 0 Å². The maximum atomic E-state index is 5.93. The van der Waals surface area contributed by atoms with E-state index in [2.05, 4.69) is 38.1 Å². The van der Waals surface area contributed by atoms with E-state index in [1.165, 1.54) is 50.9 Å². The Morgan fingerprint density at radius 2 is 2.10 bits per heavy atom. The van der Waals surface area contributed by atoms with Gasteiger partial charge in [0.25, 0.3) is 0 Å². The van der Waals surface area contributed by atoms with Crippen molar-refractivity contribution in [3.63, 3.8) is 0 Å². The van der Waals surface area contributed by atoms with E-state index in [-0.39, 0.29) is 0 Å². The van der Waals surface area contributed by atoms with Crippen LogP contribution in [-0.4, -0.2) is 26.2 Å². The topological polar surface area (TPSA) is 13.7 Å². The predicted octanol–water partition coefficient (Wildman–Crippen LogP) is 2.72. The van der Waals surface area contributed by atoms with Crippen molar-refractivity contribution >= 4 is 0 Å². The highest BCUT2D eigenvalue weighted by Crippen LogP contribution is 2.18. The summed E-state index contributed by atoms with van der Waals surface area (Å²) in [4.78, 5) is 1.80. The monoisotopic (exact) mass is 276 g/mol. The van der Waals surface area contributed by atoms with E-state index < -0.39 is 0 Å². The van der Waals surface area contributed by atoms with Crippen molar-refractivity contribution < 1.29 is 9.64 Å². The van der Waals surface area contributed by atoms with Crippen molar-refractivity contribution in [2.45, 2.75) is 46.0 Å². The molecule has 2 rings (SSSR count). The van der Waals surface area contributed by atoms with Gasteiger partial charge in [-0.25, -0.2) is 0 Å². The van der Waals surface area contributed by atoms with E-state index in [9.17, 15) is 0 Å². The van der Waals surface area contributed by atoms with Crippen molar-refractivity contribution in [3.05, 3.63) is 29.8 Å². The predicted molar refractivity (Wildman–Crippen MR) is 84.5 cm³/mol. The van der Waals surface area contributed by atoms with Gasteiger partial charge in [-0.15, -0.1) is 0 Å². The lowest BCUT2D eigenvalue weighted by atomic mass is 10.0. The molecule has 2 atom stereocenters. The van der Waals surface area contributed by atoms with Crippen LogP contribution in [0.2, 0.25) is 0 Å². The molecule has 0 aliphatic carbocycles. The number of rotatable bonds is 7. The third-order valence-corrected chi connectivity index (χ3v) is 4.40. The highest BCUT2D eigenvalue weighted by molar-refractivity contribution is 5.33. The van der Waals surface area contributed by atoms with Crippen molar-refractivity contribution in [2.24, 2.45) is 5.92 Å². The fourth-order valence-corrected chi connectivity index (χ4v) is 3.22. The van der Waals surface area contributed by atoms with Crippen LogP contribution >= 0.6 is 0 Å². The largest absolute Gasteiger partial charge is 0.493 e. The zero-order valence-electron chi connectivity index (χ0n) is 13.2. The first-order chi connectivity index (χ1) is 9.79. The smallest absolute Gasteiger partial charge is 0.122 e. The molecule has 1 N–H and O–H groups in total. The summed E-state index contributed by atoms with van der Waals surface area (Å²) in [6.45, 7) is 9.51. The lowest BCUT2D eigenvalue weighted by Gasteiger charge is -2.27. The number of aryl methyl sites for hydroxylation is 1. The number of nitrogens with one attached hydrogen (secondary N) is 1. The molecule has 1 saturated heterocycles. The molecule has 2 heteroatoms. The molecule has 0 amide bonds. The van der Waals surface area contributed by atoms with Gasteiger partial charge in [0.2, 0.25) is 0 Å². The van der Waals surface area contributed by atoms with Gasteiger partial charge in [-0.3, -0.25) is 0 Å². The standard InChI is InChI=1S/C18H29NO/c1-3-17-10-4-5-11-18(17)20-14-7-6-12-19-13-8-9-16(2)15-19/h4-5,10-11,16H,3,6-9,12-15H2,1-2H3/p+1/t16-/m0/s1. The van der Waals surface area contributed by atoms with Gasteiger partial charge in [0.15, 0.2) is 0 Å². The van der Waals surface area contributed by atoms with Gasteiger partial charge in [-0.05, 0) is 43.7 Å². The summed E-state index contributed by atoms with van der Waals surface area (Å²) >= 11 is 0. The first-order valence-electron chi connectivity index (χ1n) is 8.34. The molecule has 112 valence electrons. The quantitative estimate of drug-likeness (QED) is 0.756. The highest BCUT2D eigenvalue weighted by Gasteiger charge is 2.18. The first kappa shape index (κ1) is 15.4. The van der Waals surface area contributed by atoms with Gasteiger partial charge in [-0.1, -0.05) is 32.0 Å². The molecule has 0 bridgehead atoms. The molecule has 1 aromatic rings. The number of likely N-dealkylation sites (tertiary alicyclic amines) is 1. The third-order valence-electron chi connectivity index (χ3n) is 4.40. The van der Waals surface area contributed by atoms with Crippen LogP contribution in [0, 0.1) is 5.92 Å². The van der Waals surface area contributed by atoms with Crippen LogP contribution < -0.4 is 9.64 Å². The average Bonchev–Trinajstić information content (AvgIpc) is 2.47. The Hall–Kier alpha value is -1.02. The van der Waals surface area contributed by atoms with Crippen LogP contribution in [0.5, 0.6) is 5.75 Å². The summed E-state index contributed by atoms with van der Waals surface area (Å²) < 4.78 is 5.93. The minimum atomic E-state index is 0.861. The van der Waals surface area contributed by atoms with E-state index in [0.29, 0.717) is 0 Å². The number of hydrogen-bond donors (Lipinski definition) is 1. The Bertz CT molecular complexity index is 391. The van der Waals surface area contributed by atoms with E-state index >= 15 is 0 Å². The molecular formula is C18H30NO+. The third kappa shape index (κ3) is 4.82. The lowest BCUT2D eigenvalue weighted by molar-refractivity contribution is -0.908. The number of unbranched alkanes of at least 4 members (excludes halogenated alkanes) is 1. The Balaban J connectivity index is 1.61. The minimum absolute atomic E-state index is 0.861. The van der Waals surface area contributed by atoms with Crippen LogP contribution in [0.4, 0.5) is 0 Å². The molecule has 2 nitrogen and oxygen atoms in total.